The predicted molar refractivity (Wildman–Crippen MR) is 105 cm³/mol. The van der Waals surface area contributed by atoms with Crippen molar-refractivity contribution in [1.29, 1.82) is 0 Å². The molecule has 3 heterocycles. The van der Waals surface area contributed by atoms with Crippen molar-refractivity contribution in [2.24, 2.45) is 7.05 Å². The number of piperazine rings is 1. The van der Waals surface area contributed by atoms with Gasteiger partial charge in [0.15, 0.2) is 5.82 Å². The first-order valence-electron chi connectivity index (χ1n) is 8.92. The number of aromatic nitrogens is 4. The van der Waals surface area contributed by atoms with Gasteiger partial charge in [-0.05, 0) is 26.0 Å². The molecule has 0 bridgehead atoms. The first-order valence-corrected chi connectivity index (χ1v) is 9.30. The summed E-state index contributed by atoms with van der Waals surface area (Å²) in [5.41, 5.74) is 3.26. The molecule has 0 unspecified atom stereocenters. The molecule has 0 aliphatic carbocycles. The first kappa shape index (κ1) is 17.7. The van der Waals surface area contributed by atoms with Crippen LogP contribution in [0.3, 0.4) is 0 Å². The zero-order chi connectivity index (χ0) is 19.1. The molecule has 1 saturated heterocycles. The monoisotopic (exact) mass is 384 g/mol. The van der Waals surface area contributed by atoms with Crippen LogP contribution in [0.5, 0.6) is 0 Å². The van der Waals surface area contributed by atoms with Crippen molar-refractivity contribution in [2.75, 3.05) is 31.1 Å². The Balaban J connectivity index is 1.58. The molecule has 0 spiro atoms. The number of halogens is 1. The van der Waals surface area contributed by atoms with Crippen LogP contribution in [-0.2, 0) is 7.05 Å². The van der Waals surface area contributed by atoms with E-state index in [4.69, 9.17) is 11.6 Å². The van der Waals surface area contributed by atoms with Crippen molar-refractivity contribution in [1.82, 2.24) is 24.6 Å². The minimum Gasteiger partial charge on any atom is -0.351 e. The summed E-state index contributed by atoms with van der Waals surface area (Å²) >= 11 is 6.18. The van der Waals surface area contributed by atoms with Gasteiger partial charge in [-0.3, -0.25) is 9.48 Å². The lowest BCUT2D eigenvalue weighted by atomic mass is 10.1. The third kappa shape index (κ3) is 3.12. The molecule has 3 aromatic rings. The molecule has 1 aromatic carbocycles. The van der Waals surface area contributed by atoms with Crippen LogP contribution < -0.4 is 4.90 Å². The molecule has 1 aliphatic heterocycles. The van der Waals surface area contributed by atoms with Gasteiger partial charge >= 0.3 is 0 Å². The fourth-order valence-electron chi connectivity index (χ4n) is 3.57. The lowest BCUT2D eigenvalue weighted by molar-refractivity contribution is 0.0746. The van der Waals surface area contributed by atoms with Crippen molar-refractivity contribution in [3.63, 3.8) is 0 Å². The van der Waals surface area contributed by atoms with Gasteiger partial charge in [0, 0.05) is 33.2 Å². The Morgan fingerprint density at radius 3 is 2.48 bits per heavy atom. The summed E-state index contributed by atoms with van der Waals surface area (Å²) in [6.07, 6.45) is 0. The smallest absolute Gasteiger partial charge is 0.255 e. The van der Waals surface area contributed by atoms with Gasteiger partial charge in [0.2, 0.25) is 0 Å². The Bertz CT molecular complexity index is 1020. The highest BCUT2D eigenvalue weighted by Crippen LogP contribution is 2.27. The van der Waals surface area contributed by atoms with Crippen LogP contribution in [0.2, 0.25) is 5.02 Å². The Kier molecular flexibility index (Phi) is 4.47. The fraction of sp³-hybridized carbons (Fsp3) is 0.368. The second-order valence-corrected chi connectivity index (χ2v) is 7.17. The molecule has 0 saturated carbocycles. The van der Waals surface area contributed by atoms with Crippen molar-refractivity contribution < 1.29 is 4.79 Å². The molecule has 27 heavy (non-hydrogen) atoms. The van der Waals surface area contributed by atoms with Crippen LogP contribution in [0, 0.1) is 13.8 Å². The number of carbonyl (C=O) groups is 1. The molecule has 0 atom stereocenters. The predicted octanol–water partition coefficient (Wildman–Crippen LogP) is 2.60. The minimum atomic E-state index is -0.0272. The second-order valence-electron chi connectivity index (χ2n) is 6.76. The number of benzene rings is 1. The third-order valence-electron chi connectivity index (χ3n) is 4.91. The molecule has 140 valence electrons. The number of aryl methyl sites for hydroxylation is 3. The maximum absolute atomic E-state index is 12.8. The number of carbonyl (C=O) groups excluding carboxylic acids is 1. The largest absolute Gasteiger partial charge is 0.351 e. The molecule has 8 heteroatoms. The summed E-state index contributed by atoms with van der Waals surface area (Å²) in [4.78, 5) is 26.0. The van der Waals surface area contributed by atoms with Crippen molar-refractivity contribution in [2.45, 2.75) is 13.8 Å². The topological polar surface area (TPSA) is 67.2 Å². The maximum atomic E-state index is 12.8. The number of rotatable bonds is 2. The number of fused-ring (bicyclic) bond motifs is 1. The Morgan fingerprint density at radius 2 is 1.78 bits per heavy atom. The van der Waals surface area contributed by atoms with E-state index in [-0.39, 0.29) is 5.91 Å². The summed E-state index contributed by atoms with van der Waals surface area (Å²) in [7, 11) is 1.91. The number of nitrogens with zero attached hydrogens (tertiary/aromatic N) is 6. The van der Waals surface area contributed by atoms with E-state index in [1.165, 1.54) is 0 Å². The van der Waals surface area contributed by atoms with Gasteiger partial charge in [-0.25, -0.2) is 9.97 Å². The molecule has 4 rings (SSSR count). The van der Waals surface area contributed by atoms with Gasteiger partial charge in [-0.2, -0.15) is 5.10 Å². The average molecular weight is 385 g/mol. The van der Waals surface area contributed by atoms with E-state index < -0.39 is 0 Å². The summed E-state index contributed by atoms with van der Waals surface area (Å²) in [6.45, 7) is 6.49. The lowest BCUT2D eigenvalue weighted by Crippen LogP contribution is -2.49. The van der Waals surface area contributed by atoms with Gasteiger partial charge in [-0.15, -0.1) is 0 Å². The quantitative estimate of drug-likeness (QED) is 0.679. The van der Waals surface area contributed by atoms with Crippen LogP contribution in [0.4, 0.5) is 5.82 Å². The lowest BCUT2D eigenvalue weighted by Gasteiger charge is -2.35. The van der Waals surface area contributed by atoms with E-state index in [1.54, 1.807) is 12.1 Å². The van der Waals surface area contributed by atoms with Crippen LogP contribution in [0.25, 0.3) is 11.0 Å². The third-order valence-corrected chi connectivity index (χ3v) is 5.24. The van der Waals surface area contributed by atoms with E-state index in [1.807, 2.05) is 42.6 Å². The highest BCUT2D eigenvalue weighted by molar-refractivity contribution is 6.33. The number of hydrogen-bond acceptors (Lipinski definition) is 5. The first-order chi connectivity index (χ1) is 13.0. The SMILES string of the molecule is Cc1nc(N2CCN(C(=O)c3ccccc3Cl)CC2)c2c(n1)c(C)nn2C. The Morgan fingerprint density at radius 1 is 1.07 bits per heavy atom. The standard InChI is InChI=1S/C19H21ClN6O/c1-12-16-17(24(3)23-12)18(22-13(2)21-16)25-8-10-26(11-9-25)19(27)14-6-4-5-7-15(14)20/h4-7H,8-11H2,1-3H3. The summed E-state index contributed by atoms with van der Waals surface area (Å²) < 4.78 is 1.83. The van der Waals surface area contributed by atoms with E-state index in [2.05, 4.69) is 20.0 Å². The van der Waals surface area contributed by atoms with Crippen molar-refractivity contribution >= 4 is 34.4 Å². The van der Waals surface area contributed by atoms with Crippen molar-refractivity contribution in [3.05, 3.63) is 46.4 Å². The minimum absolute atomic E-state index is 0.0272. The zero-order valence-corrected chi connectivity index (χ0v) is 16.4. The number of hydrogen-bond donors (Lipinski definition) is 0. The molecule has 0 N–H and O–H groups in total. The van der Waals surface area contributed by atoms with Gasteiger partial charge < -0.3 is 9.80 Å². The molecular formula is C19H21ClN6O. The maximum Gasteiger partial charge on any atom is 0.255 e. The molecule has 0 radical (unpaired) electrons. The molecule has 1 fully saturated rings. The average Bonchev–Trinajstić information content (AvgIpc) is 2.95. The normalized spacial score (nSPS) is 14.8. The zero-order valence-electron chi connectivity index (χ0n) is 15.6. The van der Waals surface area contributed by atoms with Crippen molar-refractivity contribution in [3.8, 4) is 0 Å². The van der Waals surface area contributed by atoms with Crippen LogP contribution in [-0.4, -0.2) is 56.7 Å². The van der Waals surface area contributed by atoms with Gasteiger partial charge in [0.25, 0.3) is 5.91 Å². The molecule has 2 aromatic heterocycles. The van der Waals surface area contributed by atoms with E-state index in [0.717, 1.165) is 28.4 Å². The summed E-state index contributed by atoms with van der Waals surface area (Å²) in [6, 6.07) is 7.18. The van der Waals surface area contributed by atoms with Gasteiger partial charge in [0.05, 0.1) is 16.3 Å². The van der Waals surface area contributed by atoms with Gasteiger partial charge in [-0.1, -0.05) is 23.7 Å². The van der Waals surface area contributed by atoms with Crippen LogP contribution in [0.15, 0.2) is 24.3 Å². The molecule has 1 amide bonds. The van der Waals surface area contributed by atoms with E-state index in [9.17, 15) is 4.79 Å². The highest BCUT2D eigenvalue weighted by Gasteiger charge is 2.26. The number of amides is 1. The second kappa shape index (κ2) is 6.81. The molecule has 1 aliphatic rings. The van der Waals surface area contributed by atoms with Gasteiger partial charge in [0.1, 0.15) is 16.9 Å². The van der Waals surface area contributed by atoms with Crippen LogP contribution >= 0.6 is 11.6 Å². The Hall–Kier alpha value is -2.67. The van der Waals surface area contributed by atoms with Crippen LogP contribution in [0.1, 0.15) is 21.9 Å². The highest BCUT2D eigenvalue weighted by atomic mass is 35.5. The summed E-state index contributed by atoms with van der Waals surface area (Å²) in [5.74, 6) is 1.58. The number of anilines is 1. The fourth-order valence-corrected chi connectivity index (χ4v) is 3.79. The molecule has 7 nitrogen and oxygen atoms in total. The summed E-state index contributed by atoms with van der Waals surface area (Å²) in [5, 5.41) is 4.98. The van der Waals surface area contributed by atoms with E-state index in [0.29, 0.717) is 36.8 Å². The molecular weight excluding hydrogens is 364 g/mol. The van der Waals surface area contributed by atoms with E-state index >= 15 is 0 Å². The Labute approximate surface area is 162 Å².